The molecular formula is C22H27N3O5. The van der Waals surface area contributed by atoms with Gasteiger partial charge in [-0.15, -0.1) is 0 Å². The minimum absolute atomic E-state index is 0.159. The van der Waals surface area contributed by atoms with Crippen LogP contribution in [0.15, 0.2) is 48.5 Å². The fourth-order valence-electron chi connectivity index (χ4n) is 2.72. The Morgan fingerprint density at radius 2 is 1.73 bits per heavy atom. The average Bonchev–Trinajstić information content (AvgIpc) is 2.76. The normalized spacial score (nSPS) is 10.1. The second-order valence-corrected chi connectivity index (χ2v) is 6.41. The molecule has 0 aliphatic rings. The Hall–Kier alpha value is -3.55. The number of amides is 3. The molecule has 0 bridgehead atoms. The van der Waals surface area contributed by atoms with Crippen molar-refractivity contribution >= 4 is 29.3 Å². The van der Waals surface area contributed by atoms with Gasteiger partial charge in [0.25, 0.3) is 5.91 Å². The maximum absolute atomic E-state index is 12.3. The van der Waals surface area contributed by atoms with Gasteiger partial charge in [-0.3, -0.25) is 14.5 Å². The molecule has 0 unspecified atom stereocenters. The summed E-state index contributed by atoms with van der Waals surface area (Å²) in [4.78, 5) is 37.3. The van der Waals surface area contributed by atoms with E-state index in [1.165, 1.54) is 12.0 Å². The van der Waals surface area contributed by atoms with Crippen LogP contribution in [0.1, 0.15) is 30.1 Å². The summed E-state index contributed by atoms with van der Waals surface area (Å²) in [6, 6.07) is 13.9. The average molecular weight is 413 g/mol. The molecule has 0 saturated carbocycles. The van der Waals surface area contributed by atoms with Crippen molar-refractivity contribution in [3.8, 4) is 5.75 Å². The minimum atomic E-state index is -0.474. The summed E-state index contributed by atoms with van der Waals surface area (Å²) in [6.45, 7) is 2.71. The maximum atomic E-state index is 12.3. The van der Waals surface area contributed by atoms with E-state index in [1.54, 1.807) is 49.5 Å². The molecule has 2 aromatic carbocycles. The third kappa shape index (κ3) is 6.51. The van der Waals surface area contributed by atoms with Crippen LogP contribution < -0.4 is 20.3 Å². The summed E-state index contributed by atoms with van der Waals surface area (Å²) >= 11 is 0. The number of carbonyl (C=O) groups excluding carboxylic acids is 3. The van der Waals surface area contributed by atoms with Crippen molar-refractivity contribution in [2.45, 2.75) is 19.8 Å². The van der Waals surface area contributed by atoms with Crippen LogP contribution in [0.25, 0.3) is 0 Å². The fraction of sp³-hybridized carbons (Fsp3) is 0.318. The Labute approximate surface area is 176 Å². The summed E-state index contributed by atoms with van der Waals surface area (Å²) < 4.78 is 10.1. The van der Waals surface area contributed by atoms with Gasteiger partial charge < -0.3 is 20.1 Å². The number of nitrogens with zero attached hydrogens (tertiary/aromatic N) is 1. The molecule has 0 radical (unpaired) electrons. The molecule has 2 rings (SSSR count). The number of anilines is 2. The van der Waals surface area contributed by atoms with Crippen LogP contribution in [0.5, 0.6) is 5.75 Å². The number of nitrogens with one attached hydrogen (secondary N) is 2. The van der Waals surface area contributed by atoms with E-state index in [0.29, 0.717) is 42.3 Å². The van der Waals surface area contributed by atoms with Crippen molar-refractivity contribution < 1.29 is 23.9 Å². The number of ether oxygens (including phenoxy) is 2. The molecule has 0 spiro atoms. The van der Waals surface area contributed by atoms with Gasteiger partial charge in [0.2, 0.25) is 5.91 Å². The van der Waals surface area contributed by atoms with Crippen LogP contribution >= 0.6 is 0 Å². The molecule has 0 atom stereocenters. The van der Waals surface area contributed by atoms with E-state index < -0.39 is 6.09 Å². The minimum Gasteiger partial charge on any atom is -0.493 e. The molecule has 0 heterocycles. The van der Waals surface area contributed by atoms with Crippen molar-refractivity contribution in [2.24, 2.45) is 0 Å². The summed E-state index contributed by atoms with van der Waals surface area (Å²) in [5, 5.41) is 5.60. The van der Waals surface area contributed by atoms with Gasteiger partial charge in [0.05, 0.1) is 19.3 Å². The van der Waals surface area contributed by atoms with Crippen LogP contribution in [0, 0.1) is 0 Å². The van der Waals surface area contributed by atoms with Crippen molar-refractivity contribution in [1.29, 1.82) is 0 Å². The van der Waals surface area contributed by atoms with Gasteiger partial charge >= 0.3 is 6.09 Å². The highest BCUT2D eigenvalue weighted by Crippen LogP contribution is 2.18. The van der Waals surface area contributed by atoms with Gasteiger partial charge in [0.1, 0.15) is 5.75 Å². The second-order valence-electron chi connectivity index (χ2n) is 6.41. The lowest BCUT2D eigenvalue weighted by molar-refractivity contribution is -0.116. The Bertz CT molecular complexity index is 867. The van der Waals surface area contributed by atoms with Crippen molar-refractivity contribution in [2.75, 3.05) is 37.5 Å². The predicted molar refractivity (Wildman–Crippen MR) is 115 cm³/mol. The standard InChI is InChI=1S/C22H27N3O5/c1-4-30-19-9-6-5-8-18(19)21(27)23-15-7-10-20(26)24-16-11-13-17(14-12-16)25(2)22(28)29-3/h5-6,8-9,11-14H,4,7,10,15H2,1-3H3,(H,23,27)(H,24,26). The highest BCUT2D eigenvalue weighted by atomic mass is 16.5. The zero-order chi connectivity index (χ0) is 21.9. The third-order valence-electron chi connectivity index (χ3n) is 4.28. The molecule has 0 aliphatic heterocycles. The third-order valence-corrected chi connectivity index (χ3v) is 4.28. The molecule has 160 valence electrons. The molecule has 30 heavy (non-hydrogen) atoms. The first-order chi connectivity index (χ1) is 14.5. The number of hydrogen-bond donors (Lipinski definition) is 2. The van der Waals surface area contributed by atoms with Crippen molar-refractivity contribution in [1.82, 2.24) is 5.32 Å². The van der Waals surface area contributed by atoms with Gasteiger partial charge in [0, 0.05) is 31.4 Å². The maximum Gasteiger partial charge on any atom is 0.413 e. The number of hydrogen-bond acceptors (Lipinski definition) is 5. The van der Waals surface area contributed by atoms with Gasteiger partial charge in [-0.1, -0.05) is 12.1 Å². The van der Waals surface area contributed by atoms with Crippen LogP contribution in [0.4, 0.5) is 16.2 Å². The quantitative estimate of drug-likeness (QED) is 0.614. The molecule has 0 aliphatic carbocycles. The highest BCUT2D eigenvalue weighted by Gasteiger charge is 2.12. The van der Waals surface area contributed by atoms with Crippen molar-refractivity contribution in [3.63, 3.8) is 0 Å². The zero-order valence-corrected chi connectivity index (χ0v) is 17.4. The molecule has 0 aromatic heterocycles. The summed E-state index contributed by atoms with van der Waals surface area (Å²) in [5.74, 6) is 0.148. The predicted octanol–water partition coefficient (Wildman–Crippen LogP) is 3.44. The summed E-state index contributed by atoms with van der Waals surface area (Å²) in [5.41, 5.74) is 1.74. The van der Waals surface area contributed by atoms with E-state index in [-0.39, 0.29) is 18.2 Å². The van der Waals surface area contributed by atoms with E-state index in [4.69, 9.17) is 4.74 Å². The Balaban J connectivity index is 1.76. The van der Waals surface area contributed by atoms with E-state index >= 15 is 0 Å². The number of methoxy groups -OCH3 is 1. The number of carbonyl (C=O) groups is 3. The second kappa shape index (κ2) is 11.5. The molecule has 2 aromatic rings. The molecule has 3 amide bonds. The van der Waals surface area contributed by atoms with Gasteiger partial charge in [-0.05, 0) is 49.7 Å². The smallest absolute Gasteiger partial charge is 0.413 e. The van der Waals surface area contributed by atoms with E-state index in [0.717, 1.165) is 0 Å². The van der Waals surface area contributed by atoms with Crippen LogP contribution in [0.2, 0.25) is 0 Å². The SMILES string of the molecule is CCOc1ccccc1C(=O)NCCCC(=O)Nc1ccc(N(C)C(=O)OC)cc1. The summed E-state index contributed by atoms with van der Waals surface area (Å²) in [7, 11) is 2.91. The Kier molecular flexibility index (Phi) is 8.68. The first-order valence-electron chi connectivity index (χ1n) is 9.67. The van der Waals surface area contributed by atoms with Gasteiger partial charge in [0.15, 0.2) is 0 Å². The van der Waals surface area contributed by atoms with Crippen LogP contribution in [-0.2, 0) is 9.53 Å². The molecular weight excluding hydrogens is 386 g/mol. The largest absolute Gasteiger partial charge is 0.493 e. The topological polar surface area (TPSA) is 97.0 Å². The molecule has 8 heteroatoms. The van der Waals surface area contributed by atoms with Crippen LogP contribution in [-0.4, -0.2) is 45.2 Å². The van der Waals surface area contributed by atoms with Gasteiger partial charge in [-0.25, -0.2) is 4.79 Å². The zero-order valence-electron chi connectivity index (χ0n) is 17.4. The number of rotatable bonds is 9. The van der Waals surface area contributed by atoms with E-state index in [1.807, 2.05) is 13.0 Å². The van der Waals surface area contributed by atoms with Gasteiger partial charge in [-0.2, -0.15) is 0 Å². The lowest BCUT2D eigenvalue weighted by Crippen LogP contribution is -2.26. The van der Waals surface area contributed by atoms with E-state index in [2.05, 4.69) is 15.4 Å². The molecule has 0 fully saturated rings. The van der Waals surface area contributed by atoms with Crippen molar-refractivity contribution in [3.05, 3.63) is 54.1 Å². The number of para-hydroxylation sites is 1. The molecule has 8 nitrogen and oxygen atoms in total. The molecule has 2 N–H and O–H groups in total. The monoisotopic (exact) mass is 413 g/mol. The Morgan fingerprint density at radius 3 is 2.40 bits per heavy atom. The lowest BCUT2D eigenvalue weighted by atomic mass is 10.2. The summed E-state index contributed by atoms with van der Waals surface area (Å²) in [6.07, 6.45) is 0.284. The van der Waals surface area contributed by atoms with E-state index in [9.17, 15) is 14.4 Å². The lowest BCUT2D eigenvalue weighted by Gasteiger charge is -2.16. The first kappa shape index (κ1) is 22.7. The highest BCUT2D eigenvalue weighted by molar-refractivity contribution is 5.97. The Morgan fingerprint density at radius 1 is 1.03 bits per heavy atom. The van der Waals surface area contributed by atoms with Crippen LogP contribution in [0.3, 0.4) is 0 Å². The first-order valence-corrected chi connectivity index (χ1v) is 9.67. The number of benzene rings is 2. The fourth-order valence-corrected chi connectivity index (χ4v) is 2.72. The molecule has 0 saturated heterocycles.